The van der Waals surface area contributed by atoms with Crippen LogP contribution in [0.3, 0.4) is 0 Å². The van der Waals surface area contributed by atoms with Gasteiger partial charge in [0, 0.05) is 11.4 Å². The van der Waals surface area contributed by atoms with E-state index in [1.807, 2.05) is 12.1 Å². The predicted octanol–water partition coefficient (Wildman–Crippen LogP) is 2.54. The number of H-pyrrole nitrogens is 1. The van der Waals surface area contributed by atoms with Gasteiger partial charge in [-0.25, -0.2) is 0 Å². The minimum Gasteiger partial charge on any atom is -0.396 e. The van der Waals surface area contributed by atoms with Crippen LogP contribution in [0.5, 0.6) is 0 Å². The molecule has 0 spiro atoms. The summed E-state index contributed by atoms with van der Waals surface area (Å²) in [4.78, 5) is 14.9. The Morgan fingerprint density at radius 1 is 1.63 bits per heavy atom. The lowest BCUT2D eigenvalue weighted by molar-refractivity contribution is 0.0759. The van der Waals surface area contributed by atoms with Crippen LogP contribution in [-0.2, 0) is 6.54 Å². The third-order valence-electron chi connectivity index (χ3n) is 2.49. The molecule has 19 heavy (non-hydrogen) atoms. The maximum atomic E-state index is 12.3. The second kappa shape index (κ2) is 5.90. The van der Waals surface area contributed by atoms with Crippen molar-refractivity contribution in [2.45, 2.75) is 6.54 Å². The van der Waals surface area contributed by atoms with Gasteiger partial charge in [0.2, 0.25) is 0 Å². The number of aromatic nitrogens is 2. The molecule has 0 saturated carbocycles. The van der Waals surface area contributed by atoms with E-state index in [2.05, 4.69) is 16.8 Å². The highest BCUT2D eigenvalue weighted by Gasteiger charge is 2.19. The van der Waals surface area contributed by atoms with Crippen LogP contribution in [0, 0.1) is 0 Å². The Balaban J connectivity index is 2.18. The molecule has 0 aliphatic heterocycles. The monoisotopic (exact) mass is 296 g/mol. The Hall–Kier alpha value is -1.79. The Labute approximate surface area is 119 Å². The molecule has 3 N–H and O–H groups in total. The normalized spacial score (nSPS) is 10.4. The third kappa shape index (κ3) is 3.15. The molecule has 7 heteroatoms. The fourth-order valence-corrected chi connectivity index (χ4v) is 2.73. The summed E-state index contributed by atoms with van der Waals surface area (Å²) in [5.74, 6) is -0.209. The number of anilines is 1. The maximum Gasteiger partial charge on any atom is 0.274 e. The first-order valence-electron chi connectivity index (χ1n) is 5.55. The summed E-state index contributed by atoms with van der Waals surface area (Å²) in [6.07, 6.45) is 3.08. The molecule has 2 heterocycles. The van der Waals surface area contributed by atoms with Gasteiger partial charge in [0.25, 0.3) is 5.91 Å². The second-order valence-corrected chi connectivity index (χ2v) is 5.68. The average Bonchev–Trinajstić information content (AvgIpc) is 2.97. The highest BCUT2D eigenvalue weighted by molar-refractivity contribution is 7.16. The summed E-state index contributed by atoms with van der Waals surface area (Å²) in [6, 6.07) is 3.70. The number of thiophene rings is 1. The summed E-state index contributed by atoms with van der Waals surface area (Å²) in [6.45, 7) is 4.54. The van der Waals surface area contributed by atoms with Gasteiger partial charge in [0.05, 0.1) is 22.8 Å². The fourth-order valence-electron chi connectivity index (χ4n) is 1.62. The van der Waals surface area contributed by atoms with Gasteiger partial charge in [-0.1, -0.05) is 17.7 Å². The SMILES string of the molecule is C=CCN(Cc1ccc(Cl)s1)C(=O)c1[nH]ncc1N. The van der Waals surface area contributed by atoms with Gasteiger partial charge in [0.1, 0.15) is 5.69 Å². The molecule has 0 aliphatic rings. The van der Waals surface area contributed by atoms with Crippen molar-refractivity contribution in [1.82, 2.24) is 15.1 Å². The van der Waals surface area contributed by atoms with E-state index in [1.165, 1.54) is 17.5 Å². The molecule has 2 aromatic heterocycles. The highest BCUT2D eigenvalue weighted by atomic mass is 35.5. The van der Waals surface area contributed by atoms with Crippen LogP contribution in [0.4, 0.5) is 5.69 Å². The number of nitrogens with one attached hydrogen (secondary N) is 1. The number of rotatable bonds is 5. The third-order valence-corrected chi connectivity index (χ3v) is 3.71. The number of amides is 1. The van der Waals surface area contributed by atoms with E-state index < -0.39 is 0 Å². The molecule has 0 bridgehead atoms. The number of nitrogens with two attached hydrogens (primary N) is 1. The van der Waals surface area contributed by atoms with Gasteiger partial charge in [-0.05, 0) is 12.1 Å². The number of aromatic amines is 1. The molecule has 0 aromatic carbocycles. The van der Waals surface area contributed by atoms with Crippen molar-refractivity contribution in [3.63, 3.8) is 0 Å². The first kappa shape index (κ1) is 13.6. The number of carbonyl (C=O) groups excluding carboxylic acids is 1. The topological polar surface area (TPSA) is 75.0 Å². The molecule has 0 fully saturated rings. The van der Waals surface area contributed by atoms with Crippen LogP contribution in [0.2, 0.25) is 4.34 Å². The van der Waals surface area contributed by atoms with E-state index in [1.54, 1.807) is 11.0 Å². The molecule has 0 atom stereocenters. The van der Waals surface area contributed by atoms with Gasteiger partial charge < -0.3 is 10.6 Å². The van der Waals surface area contributed by atoms with Crippen molar-refractivity contribution in [2.75, 3.05) is 12.3 Å². The molecule has 2 rings (SSSR count). The van der Waals surface area contributed by atoms with Crippen LogP contribution < -0.4 is 5.73 Å². The van der Waals surface area contributed by atoms with Crippen LogP contribution in [-0.4, -0.2) is 27.5 Å². The first-order valence-corrected chi connectivity index (χ1v) is 6.74. The summed E-state index contributed by atoms with van der Waals surface area (Å²) in [5, 5.41) is 6.37. The van der Waals surface area contributed by atoms with E-state index in [4.69, 9.17) is 17.3 Å². The van der Waals surface area contributed by atoms with E-state index >= 15 is 0 Å². The summed E-state index contributed by atoms with van der Waals surface area (Å²) >= 11 is 7.32. The van der Waals surface area contributed by atoms with Gasteiger partial charge in [-0.15, -0.1) is 17.9 Å². The van der Waals surface area contributed by atoms with Crippen molar-refractivity contribution in [3.8, 4) is 0 Å². The van der Waals surface area contributed by atoms with Crippen LogP contribution in [0.1, 0.15) is 15.4 Å². The molecular formula is C12H13ClN4OS. The van der Waals surface area contributed by atoms with Gasteiger partial charge >= 0.3 is 0 Å². The van der Waals surface area contributed by atoms with Crippen molar-refractivity contribution in [3.05, 3.63) is 45.9 Å². The van der Waals surface area contributed by atoms with E-state index in [-0.39, 0.29) is 5.91 Å². The molecular weight excluding hydrogens is 284 g/mol. The van der Waals surface area contributed by atoms with Crippen LogP contribution >= 0.6 is 22.9 Å². The van der Waals surface area contributed by atoms with E-state index in [0.29, 0.717) is 28.8 Å². The quantitative estimate of drug-likeness (QED) is 0.833. The molecule has 5 nitrogen and oxygen atoms in total. The Bertz CT molecular complexity index is 592. The van der Waals surface area contributed by atoms with Crippen molar-refractivity contribution in [1.29, 1.82) is 0 Å². The Morgan fingerprint density at radius 2 is 2.42 bits per heavy atom. The standard InChI is InChI=1S/C12H13ClN4OS/c1-2-5-17(7-8-3-4-10(13)19-8)12(18)11-9(14)6-15-16-11/h2-4,6H,1,5,7,14H2,(H,15,16). The zero-order valence-corrected chi connectivity index (χ0v) is 11.7. The van der Waals surface area contributed by atoms with Crippen molar-refractivity contribution < 1.29 is 4.79 Å². The highest BCUT2D eigenvalue weighted by Crippen LogP contribution is 2.23. The zero-order chi connectivity index (χ0) is 13.8. The van der Waals surface area contributed by atoms with Gasteiger partial charge in [-0.3, -0.25) is 9.89 Å². The summed E-state index contributed by atoms with van der Waals surface area (Å²) in [5.41, 5.74) is 6.32. The number of nitrogens with zero attached hydrogens (tertiary/aromatic N) is 2. The van der Waals surface area contributed by atoms with Crippen molar-refractivity contribution >= 4 is 34.5 Å². The second-order valence-electron chi connectivity index (χ2n) is 3.88. The first-order chi connectivity index (χ1) is 9.11. The smallest absolute Gasteiger partial charge is 0.274 e. The number of halogens is 1. The largest absolute Gasteiger partial charge is 0.396 e. The van der Waals surface area contributed by atoms with Crippen molar-refractivity contribution in [2.24, 2.45) is 0 Å². The summed E-state index contributed by atoms with van der Waals surface area (Å²) in [7, 11) is 0. The molecule has 0 aliphatic carbocycles. The molecule has 0 saturated heterocycles. The maximum absolute atomic E-state index is 12.3. The molecule has 100 valence electrons. The average molecular weight is 297 g/mol. The number of hydrogen-bond donors (Lipinski definition) is 2. The Kier molecular flexibility index (Phi) is 4.24. The molecule has 0 unspecified atom stereocenters. The van der Waals surface area contributed by atoms with Crippen LogP contribution in [0.15, 0.2) is 31.0 Å². The molecule has 1 amide bonds. The zero-order valence-electron chi connectivity index (χ0n) is 10.1. The number of nitrogen functional groups attached to an aromatic ring is 1. The summed E-state index contributed by atoms with van der Waals surface area (Å²) < 4.78 is 0.696. The minimum atomic E-state index is -0.209. The lowest BCUT2D eigenvalue weighted by Gasteiger charge is -2.19. The lowest BCUT2D eigenvalue weighted by Crippen LogP contribution is -2.31. The molecule has 0 radical (unpaired) electrons. The number of carbonyl (C=O) groups is 1. The minimum absolute atomic E-state index is 0.209. The van der Waals surface area contributed by atoms with Gasteiger partial charge in [0.15, 0.2) is 0 Å². The lowest BCUT2D eigenvalue weighted by atomic mass is 10.3. The fraction of sp³-hybridized carbons (Fsp3) is 0.167. The predicted molar refractivity (Wildman–Crippen MR) is 77.3 cm³/mol. The van der Waals surface area contributed by atoms with Gasteiger partial charge in [-0.2, -0.15) is 5.10 Å². The van der Waals surface area contributed by atoms with Crippen LogP contribution in [0.25, 0.3) is 0 Å². The van der Waals surface area contributed by atoms with E-state index in [0.717, 1.165) is 4.88 Å². The number of hydrogen-bond acceptors (Lipinski definition) is 4. The Morgan fingerprint density at radius 3 is 2.95 bits per heavy atom. The van der Waals surface area contributed by atoms with E-state index in [9.17, 15) is 4.79 Å². The molecule has 2 aromatic rings.